The average Bonchev–Trinajstić information content (AvgIpc) is 2.42. The number of nitrogens with zero attached hydrogens (tertiary/aromatic N) is 1. The summed E-state index contributed by atoms with van der Waals surface area (Å²) in [6.45, 7) is 10.4. The van der Waals surface area contributed by atoms with E-state index in [2.05, 4.69) is 0 Å². The van der Waals surface area contributed by atoms with Gasteiger partial charge >= 0.3 is 12.1 Å². The van der Waals surface area contributed by atoms with Crippen LogP contribution >= 0.6 is 0 Å². The summed E-state index contributed by atoms with van der Waals surface area (Å²) in [7, 11) is 0. The average molecular weight is 327 g/mol. The normalized spacial score (nSPS) is 19.0. The van der Waals surface area contributed by atoms with Crippen molar-refractivity contribution in [2.24, 2.45) is 11.8 Å². The minimum atomic E-state index is -0.561. The summed E-state index contributed by atoms with van der Waals surface area (Å²) < 4.78 is 10.4. The Bertz CT molecular complexity index is 439. The molecule has 23 heavy (non-hydrogen) atoms. The number of piperidine rings is 1. The number of amides is 1. The second kappa shape index (κ2) is 8.31. The lowest BCUT2D eigenvalue weighted by molar-refractivity contribution is -0.145. The van der Waals surface area contributed by atoms with Gasteiger partial charge in [0.15, 0.2) is 0 Å². The predicted octanol–water partition coefficient (Wildman–Crippen LogP) is 2.79. The van der Waals surface area contributed by atoms with E-state index in [4.69, 9.17) is 9.47 Å². The van der Waals surface area contributed by atoms with Crippen molar-refractivity contribution in [2.75, 3.05) is 19.7 Å². The predicted molar refractivity (Wildman–Crippen MR) is 86.0 cm³/mol. The molecule has 1 saturated heterocycles. The summed E-state index contributed by atoms with van der Waals surface area (Å²) in [6.07, 6.45) is 0.517. The van der Waals surface area contributed by atoms with Gasteiger partial charge in [0, 0.05) is 31.8 Å². The van der Waals surface area contributed by atoms with Crippen LogP contribution in [0.1, 0.15) is 53.9 Å². The number of esters is 1. The van der Waals surface area contributed by atoms with Crippen molar-refractivity contribution in [1.29, 1.82) is 0 Å². The van der Waals surface area contributed by atoms with Crippen molar-refractivity contribution in [3.05, 3.63) is 0 Å². The fourth-order valence-electron chi connectivity index (χ4n) is 2.28. The standard InChI is InChI=1S/C17H29NO5/c1-12(2)11-22-15(20)7-6-13-10-18(9-8-14(13)19)16(21)23-17(3,4)5/h12-13H,6-11H2,1-5H3. The van der Waals surface area contributed by atoms with Crippen LogP contribution in [0.15, 0.2) is 0 Å². The van der Waals surface area contributed by atoms with E-state index >= 15 is 0 Å². The fourth-order valence-corrected chi connectivity index (χ4v) is 2.28. The van der Waals surface area contributed by atoms with E-state index in [0.717, 1.165) is 0 Å². The van der Waals surface area contributed by atoms with E-state index < -0.39 is 11.7 Å². The minimum absolute atomic E-state index is 0.0986. The molecular weight excluding hydrogens is 298 g/mol. The molecule has 1 rings (SSSR count). The zero-order valence-electron chi connectivity index (χ0n) is 14.9. The van der Waals surface area contributed by atoms with Crippen LogP contribution in [0, 0.1) is 11.8 Å². The third-order valence-electron chi connectivity index (χ3n) is 3.45. The van der Waals surface area contributed by atoms with Crippen molar-refractivity contribution in [3.8, 4) is 0 Å². The number of rotatable bonds is 5. The minimum Gasteiger partial charge on any atom is -0.465 e. The van der Waals surface area contributed by atoms with Crippen LogP contribution in [0.5, 0.6) is 0 Å². The van der Waals surface area contributed by atoms with Crippen molar-refractivity contribution >= 4 is 17.8 Å². The summed E-state index contributed by atoms with van der Waals surface area (Å²) in [4.78, 5) is 37.3. The highest BCUT2D eigenvalue weighted by Crippen LogP contribution is 2.20. The van der Waals surface area contributed by atoms with Gasteiger partial charge in [-0.2, -0.15) is 0 Å². The molecule has 6 heteroatoms. The van der Waals surface area contributed by atoms with Crippen LogP contribution in [0.25, 0.3) is 0 Å². The summed E-state index contributed by atoms with van der Waals surface area (Å²) >= 11 is 0. The quantitative estimate of drug-likeness (QED) is 0.726. The summed E-state index contributed by atoms with van der Waals surface area (Å²) in [5, 5.41) is 0. The highest BCUT2D eigenvalue weighted by Gasteiger charge is 2.32. The molecule has 1 fully saturated rings. The molecule has 0 spiro atoms. The first kappa shape index (κ1) is 19.5. The van der Waals surface area contributed by atoms with Crippen molar-refractivity contribution < 1.29 is 23.9 Å². The largest absolute Gasteiger partial charge is 0.465 e. The fraction of sp³-hybridized carbons (Fsp3) is 0.824. The van der Waals surface area contributed by atoms with Gasteiger partial charge in [0.25, 0.3) is 0 Å². The molecule has 132 valence electrons. The molecule has 1 aliphatic rings. The zero-order chi connectivity index (χ0) is 17.6. The first-order valence-corrected chi connectivity index (χ1v) is 8.24. The Morgan fingerprint density at radius 2 is 1.96 bits per heavy atom. The Labute approximate surface area is 138 Å². The third kappa shape index (κ3) is 7.48. The maximum Gasteiger partial charge on any atom is 0.410 e. The van der Waals surface area contributed by atoms with Crippen LogP contribution in [0.2, 0.25) is 0 Å². The molecule has 0 aromatic rings. The van der Waals surface area contributed by atoms with E-state index in [1.54, 1.807) is 4.90 Å². The van der Waals surface area contributed by atoms with Gasteiger partial charge in [-0.1, -0.05) is 13.8 Å². The Kier molecular flexibility index (Phi) is 7.03. The molecule has 1 unspecified atom stereocenters. The van der Waals surface area contributed by atoms with E-state index in [1.807, 2.05) is 34.6 Å². The molecule has 1 amide bonds. The SMILES string of the molecule is CC(C)COC(=O)CCC1CN(C(=O)OC(C)(C)C)CCC1=O. The highest BCUT2D eigenvalue weighted by molar-refractivity contribution is 5.84. The van der Waals surface area contributed by atoms with Gasteiger partial charge in [0.1, 0.15) is 11.4 Å². The smallest absolute Gasteiger partial charge is 0.410 e. The molecule has 6 nitrogen and oxygen atoms in total. The first-order valence-electron chi connectivity index (χ1n) is 8.24. The first-order chi connectivity index (χ1) is 10.6. The molecule has 0 radical (unpaired) electrons. The maximum atomic E-state index is 12.1. The van der Waals surface area contributed by atoms with Crippen molar-refractivity contribution in [2.45, 2.75) is 59.5 Å². The zero-order valence-corrected chi connectivity index (χ0v) is 14.9. The Morgan fingerprint density at radius 1 is 1.30 bits per heavy atom. The van der Waals surface area contributed by atoms with E-state index in [9.17, 15) is 14.4 Å². The summed E-state index contributed by atoms with van der Waals surface area (Å²) in [5.41, 5.74) is -0.561. The number of likely N-dealkylation sites (tertiary alicyclic amines) is 1. The van der Waals surface area contributed by atoms with Gasteiger partial charge in [-0.25, -0.2) is 4.79 Å². The number of ketones is 1. The number of Topliss-reactive ketones (excluding diaryl/α,β-unsaturated/α-hetero) is 1. The third-order valence-corrected chi connectivity index (χ3v) is 3.45. The van der Waals surface area contributed by atoms with Crippen LogP contribution in [-0.4, -0.2) is 48.0 Å². The highest BCUT2D eigenvalue weighted by atomic mass is 16.6. The summed E-state index contributed by atoms with van der Waals surface area (Å²) in [6, 6.07) is 0. The molecule has 0 N–H and O–H groups in total. The molecule has 0 aromatic carbocycles. The molecule has 0 aromatic heterocycles. The van der Waals surface area contributed by atoms with Gasteiger partial charge in [-0.3, -0.25) is 9.59 Å². The lowest BCUT2D eigenvalue weighted by atomic mass is 9.92. The number of hydrogen-bond acceptors (Lipinski definition) is 5. The molecule has 0 saturated carbocycles. The van der Waals surface area contributed by atoms with E-state index in [-0.39, 0.29) is 30.0 Å². The Hall–Kier alpha value is -1.59. The van der Waals surface area contributed by atoms with Gasteiger partial charge < -0.3 is 14.4 Å². The van der Waals surface area contributed by atoms with Gasteiger partial charge in [0.2, 0.25) is 0 Å². The molecule has 1 atom stereocenters. The lowest BCUT2D eigenvalue weighted by Crippen LogP contribution is -2.46. The molecule has 0 aliphatic carbocycles. The Balaban J connectivity index is 2.47. The van der Waals surface area contributed by atoms with Gasteiger partial charge in [-0.05, 0) is 33.1 Å². The van der Waals surface area contributed by atoms with E-state index in [1.165, 1.54) is 0 Å². The van der Waals surface area contributed by atoms with Crippen molar-refractivity contribution in [1.82, 2.24) is 4.90 Å². The molecule has 0 bridgehead atoms. The number of carbonyl (C=O) groups is 3. The molecular formula is C17H29NO5. The van der Waals surface area contributed by atoms with Crippen LogP contribution in [0.4, 0.5) is 4.79 Å². The van der Waals surface area contributed by atoms with Crippen LogP contribution in [0.3, 0.4) is 0 Å². The van der Waals surface area contributed by atoms with Crippen LogP contribution in [-0.2, 0) is 19.1 Å². The molecule has 1 heterocycles. The summed E-state index contributed by atoms with van der Waals surface area (Å²) in [5.74, 6) is -0.219. The van der Waals surface area contributed by atoms with Gasteiger partial charge in [-0.15, -0.1) is 0 Å². The monoisotopic (exact) mass is 327 g/mol. The Morgan fingerprint density at radius 3 is 2.52 bits per heavy atom. The number of ether oxygens (including phenoxy) is 2. The maximum absolute atomic E-state index is 12.1. The van der Waals surface area contributed by atoms with Gasteiger partial charge in [0.05, 0.1) is 6.61 Å². The number of carbonyl (C=O) groups excluding carboxylic acids is 3. The second-order valence-corrected chi connectivity index (χ2v) is 7.46. The number of hydrogen-bond donors (Lipinski definition) is 0. The topological polar surface area (TPSA) is 72.9 Å². The lowest BCUT2D eigenvalue weighted by Gasteiger charge is -2.33. The van der Waals surface area contributed by atoms with E-state index in [0.29, 0.717) is 32.5 Å². The molecule has 1 aliphatic heterocycles. The van der Waals surface area contributed by atoms with Crippen molar-refractivity contribution in [3.63, 3.8) is 0 Å². The van der Waals surface area contributed by atoms with Crippen LogP contribution < -0.4 is 0 Å². The second-order valence-electron chi connectivity index (χ2n) is 7.46.